The number of hydroxylamine groups is 1. The smallest absolute Gasteiger partial charge is 0.276 e. The predicted octanol–water partition coefficient (Wildman–Crippen LogP) is 0.421. The lowest BCUT2D eigenvalue weighted by Crippen LogP contribution is -2.21. The van der Waals surface area contributed by atoms with Gasteiger partial charge in [-0.25, -0.2) is 5.48 Å². The van der Waals surface area contributed by atoms with Crippen LogP contribution in [0.1, 0.15) is 15.9 Å². The minimum atomic E-state index is -0.785. The molecule has 0 fully saturated rings. The number of carbonyl (C=O) groups excluding carboxylic acids is 2. The third-order valence-electron chi connectivity index (χ3n) is 1.34. The van der Waals surface area contributed by atoms with Crippen molar-refractivity contribution < 1.29 is 14.8 Å². The number of pyridine rings is 1. The van der Waals surface area contributed by atoms with Crippen molar-refractivity contribution in [2.75, 3.05) is 0 Å². The molecule has 1 aromatic heterocycles. The molecule has 1 aromatic rings. The van der Waals surface area contributed by atoms with Crippen LogP contribution in [-0.2, 0) is 4.79 Å². The Balaban J connectivity index is 3.30. The quantitative estimate of drug-likeness (QED) is 0.583. The van der Waals surface area contributed by atoms with Crippen LogP contribution in [-0.4, -0.2) is 22.4 Å². The van der Waals surface area contributed by atoms with E-state index in [2.05, 4.69) is 20.9 Å². The topological polar surface area (TPSA) is 79.3 Å². The maximum absolute atomic E-state index is 11.0. The van der Waals surface area contributed by atoms with E-state index in [1.165, 1.54) is 24.2 Å². The van der Waals surface area contributed by atoms with E-state index in [9.17, 15) is 9.59 Å². The molecule has 1 radical (unpaired) electrons. The average Bonchev–Trinajstić information content (AvgIpc) is 2.16. The second-order valence-corrected chi connectivity index (χ2v) is 2.94. The van der Waals surface area contributed by atoms with Gasteiger partial charge in [-0.15, -0.1) is 0 Å². The van der Waals surface area contributed by atoms with Crippen molar-refractivity contribution >= 4 is 28.1 Å². The Morgan fingerprint density at radius 3 is 2.85 bits per heavy atom. The van der Waals surface area contributed by atoms with Gasteiger partial charge in [0, 0.05) is 16.9 Å². The van der Waals surface area contributed by atoms with Gasteiger partial charge in [-0.3, -0.25) is 19.8 Å². The van der Waals surface area contributed by atoms with Gasteiger partial charge in [-0.2, -0.15) is 0 Å². The molecule has 0 aromatic carbocycles. The zero-order chi connectivity index (χ0) is 9.84. The number of aromatic nitrogens is 1. The molecule has 5 nitrogen and oxygen atoms in total. The third kappa shape index (κ3) is 1.90. The van der Waals surface area contributed by atoms with Crippen LogP contribution in [0.3, 0.4) is 0 Å². The number of amides is 1. The normalized spacial score (nSPS) is 9.38. The molecule has 0 aliphatic carbocycles. The third-order valence-corrected chi connectivity index (χ3v) is 1.94. The summed E-state index contributed by atoms with van der Waals surface area (Å²) in [6.45, 7) is 0. The number of hydrogen-bond acceptors (Lipinski definition) is 4. The standard InChI is InChI=1S/C7H4BrN2O3/c8-5-2-9-1-4(3-11)6(5)7(12)10-13/h1-2,13H,(H,10,12). The largest absolute Gasteiger partial charge is 0.288 e. The monoisotopic (exact) mass is 243 g/mol. The fourth-order valence-corrected chi connectivity index (χ4v) is 1.31. The second kappa shape index (κ2) is 4.11. The molecule has 0 unspecified atom stereocenters. The summed E-state index contributed by atoms with van der Waals surface area (Å²) in [6, 6.07) is 0. The Bertz CT molecular complexity index is 354. The van der Waals surface area contributed by atoms with Crippen LogP contribution in [0.2, 0.25) is 0 Å². The molecule has 0 aliphatic heterocycles. The van der Waals surface area contributed by atoms with Crippen LogP contribution in [0.25, 0.3) is 0 Å². The first-order chi connectivity index (χ1) is 6.20. The fraction of sp³-hybridized carbons (Fsp3) is 0. The van der Waals surface area contributed by atoms with E-state index in [1.54, 1.807) is 0 Å². The molecule has 13 heavy (non-hydrogen) atoms. The van der Waals surface area contributed by atoms with Crippen LogP contribution in [0.15, 0.2) is 16.9 Å². The molecule has 6 heteroatoms. The molecule has 0 bridgehead atoms. The fourth-order valence-electron chi connectivity index (χ4n) is 0.799. The van der Waals surface area contributed by atoms with E-state index >= 15 is 0 Å². The summed E-state index contributed by atoms with van der Waals surface area (Å²) in [4.78, 5) is 25.0. The number of nitrogens with zero attached hydrogens (tertiary/aromatic N) is 1. The molecule has 0 atom stereocenters. The van der Waals surface area contributed by atoms with Crippen LogP contribution in [0.5, 0.6) is 0 Å². The van der Waals surface area contributed by atoms with E-state index in [4.69, 9.17) is 5.21 Å². The lowest BCUT2D eigenvalue weighted by atomic mass is 10.1. The number of halogens is 1. The Morgan fingerprint density at radius 2 is 2.31 bits per heavy atom. The number of hydrogen-bond donors (Lipinski definition) is 2. The van der Waals surface area contributed by atoms with Gasteiger partial charge in [-0.05, 0) is 15.9 Å². The Kier molecular flexibility index (Phi) is 3.10. The molecule has 1 rings (SSSR count). The molecule has 0 saturated carbocycles. The zero-order valence-electron chi connectivity index (χ0n) is 6.24. The van der Waals surface area contributed by atoms with Gasteiger partial charge in [0.25, 0.3) is 5.91 Å². The second-order valence-electron chi connectivity index (χ2n) is 2.09. The van der Waals surface area contributed by atoms with Gasteiger partial charge >= 0.3 is 0 Å². The highest BCUT2D eigenvalue weighted by molar-refractivity contribution is 9.10. The van der Waals surface area contributed by atoms with Crippen LogP contribution in [0.4, 0.5) is 0 Å². The number of carbonyl (C=O) groups is 1. The molecule has 1 heterocycles. The van der Waals surface area contributed by atoms with E-state index in [1.807, 2.05) is 0 Å². The highest BCUT2D eigenvalue weighted by Gasteiger charge is 2.14. The summed E-state index contributed by atoms with van der Waals surface area (Å²) in [5.41, 5.74) is 1.42. The number of nitrogens with one attached hydrogen (secondary N) is 1. The van der Waals surface area contributed by atoms with Gasteiger partial charge < -0.3 is 0 Å². The van der Waals surface area contributed by atoms with Gasteiger partial charge in [0.15, 0.2) is 0 Å². The van der Waals surface area contributed by atoms with Crippen LogP contribution < -0.4 is 5.48 Å². The Morgan fingerprint density at radius 1 is 1.62 bits per heavy atom. The maximum atomic E-state index is 11.0. The lowest BCUT2D eigenvalue weighted by Gasteiger charge is -2.02. The van der Waals surface area contributed by atoms with Crippen molar-refractivity contribution in [3.63, 3.8) is 0 Å². The highest BCUT2D eigenvalue weighted by Crippen LogP contribution is 2.17. The van der Waals surface area contributed by atoms with Crippen molar-refractivity contribution in [3.05, 3.63) is 28.0 Å². The highest BCUT2D eigenvalue weighted by atomic mass is 79.9. The van der Waals surface area contributed by atoms with Crippen molar-refractivity contribution in [3.8, 4) is 0 Å². The van der Waals surface area contributed by atoms with Crippen molar-refractivity contribution in [1.29, 1.82) is 0 Å². The first-order valence-electron chi connectivity index (χ1n) is 3.16. The van der Waals surface area contributed by atoms with Crippen LogP contribution >= 0.6 is 15.9 Å². The molecular formula is C7H4BrN2O3. The van der Waals surface area contributed by atoms with Crippen molar-refractivity contribution in [2.45, 2.75) is 0 Å². The molecule has 0 saturated heterocycles. The zero-order valence-corrected chi connectivity index (χ0v) is 7.83. The average molecular weight is 244 g/mol. The van der Waals surface area contributed by atoms with E-state index < -0.39 is 5.91 Å². The molecule has 67 valence electrons. The first kappa shape index (κ1) is 9.82. The van der Waals surface area contributed by atoms with Gasteiger partial charge in [-0.1, -0.05) is 0 Å². The van der Waals surface area contributed by atoms with Gasteiger partial charge in [0.05, 0.1) is 11.1 Å². The van der Waals surface area contributed by atoms with Crippen molar-refractivity contribution in [2.24, 2.45) is 0 Å². The van der Waals surface area contributed by atoms with E-state index in [-0.39, 0.29) is 11.1 Å². The molecular weight excluding hydrogens is 240 g/mol. The molecule has 1 amide bonds. The molecule has 0 aliphatic rings. The summed E-state index contributed by atoms with van der Waals surface area (Å²) < 4.78 is 0.319. The van der Waals surface area contributed by atoms with Crippen LogP contribution in [0, 0.1) is 0 Å². The minimum Gasteiger partial charge on any atom is -0.288 e. The Hall–Kier alpha value is -1.27. The predicted molar refractivity (Wildman–Crippen MR) is 46.0 cm³/mol. The summed E-state index contributed by atoms with van der Waals surface area (Å²) in [5.74, 6) is -0.785. The minimum absolute atomic E-state index is 0.00694. The van der Waals surface area contributed by atoms with Gasteiger partial charge in [0.1, 0.15) is 0 Å². The maximum Gasteiger partial charge on any atom is 0.276 e. The SMILES string of the molecule is O=[C]c1cncc(Br)c1C(=O)NO. The number of rotatable bonds is 2. The summed E-state index contributed by atoms with van der Waals surface area (Å²) in [7, 11) is 0. The van der Waals surface area contributed by atoms with Gasteiger partial charge in [0.2, 0.25) is 6.29 Å². The molecule has 2 N–H and O–H groups in total. The summed E-state index contributed by atoms with van der Waals surface area (Å²) in [5, 5.41) is 8.36. The Labute approximate surface area is 81.9 Å². The van der Waals surface area contributed by atoms with E-state index in [0.717, 1.165) is 0 Å². The first-order valence-corrected chi connectivity index (χ1v) is 3.96. The summed E-state index contributed by atoms with van der Waals surface area (Å²) in [6.07, 6.45) is 4.06. The molecule has 0 spiro atoms. The lowest BCUT2D eigenvalue weighted by molar-refractivity contribution is 0.0705. The van der Waals surface area contributed by atoms with Crippen molar-refractivity contribution in [1.82, 2.24) is 10.5 Å². The van der Waals surface area contributed by atoms with E-state index in [0.29, 0.717) is 4.47 Å². The summed E-state index contributed by atoms with van der Waals surface area (Å²) >= 11 is 3.02.